The van der Waals surface area contributed by atoms with Crippen LogP contribution in [0.4, 0.5) is 39.8 Å². The van der Waals surface area contributed by atoms with Gasteiger partial charge in [0.05, 0.1) is 0 Å². The van der Waals surface area contributed by atoms with E-state index >= 15 is 0 Å². The molecule has 4 heterocycles. The zero-order valence-electron chi connectivity index (χ0n) is 60.2. The van der Waals surface area contributed by atoms with E-state index in [-0.39, 0.29) is 33.9 Å². The fourth-order valence-electron chi connectivity index (χ4n) is 16.5. The second-order valence-electron chi connectivity index (χ2n) is 32.9. The zero-order valence-corrected chi connectivity index (χ0v) is 61.0. The van der Waals surface area contributed by atoms with Gasteiger partial charge in [-0.15, -0.1) is 11.3 Å². The topological polar surface area (TPSA) is 22.9 Å². The van der Waals surface area contributed by atoms with Crippen LogP contribution in [0.5, 0.6) is 0 Å². The number of fused-ring (bicyclic) bond motifs is 12. The van der Waals surface area contributed by atoms with E-state index in [1.165, 1.54) is 120 Å². The molecule has 2 aliphatic heterocycles. The van der Waals surface area contributed by atoms with Crippen molar-refractivity contribution < 1.29 is 4.42 Å². The van der Waals surface area contributed by atoms with Crippen LogP contribution in [0.2, 0.25) is 0 Å². The molecule has 12 aromatic carbocycles. The van der Waals surface area contributed by atoms with Crippen molar-refractivity contribution in [2.45, 2.75) is 131 Å². The Morgan fingerprint density at radius 1 is 0.400 bits per heavy atom. The first-order chi connectivity index (χ1) is 47.9. The number of benzene rings is 12. The summed E-state index contributed by atoms with van der Waals surface area (Å²) < 4.78 is 9.91. The highest BCUT2D eigenvalue weighted by Crippen LogP contribution is 2.59. The van der Waals surface area contributed by atoms with Crippen molar-refractivity contribution in [2.75, 3.05) is 14.6 Å². The van der Waals surface area contributed by atoms with Crippen molar-refractivity contribution in [1.29, 1.82) is 0 Å². The highest BCUT2D eigenvalue weighted by molar-refractivity contribution is 7.26. The van der Waals surface area contributed by atoms with E-state index in [2.05, 4.69) is 366 Å². The molecule has 0 radical (unpaired) electrons. The van der Waals surface area contributed by atoms with Gasteiger partial charge in [-0.3, -0.25) is 0 Å². The highest BCUT2D eigenvalue weighted by Gasteiger charge is 2.50. The Hall–Kier alpha value is -10.1. The Morgan fingerprint density at radius 2 is 0.910 bits per heavy atom. The molecular weight excluding hydrogens is 1230 g/mol. The maximum absolute atomic E-state index is 7.41. The van der Waals surface area contributed by atoms with Gasteiger partial charge in [0, 0.05) is 99.4 Å². The van der Waals surface area contributed by atoms with Gasteiger partial charge in [0.2, 0.25) is 0 Å². The normalized spacial score (nSPS) is 14.0. The number of thiophene rings is 1. The van der Waals surface area contributed by atoms with E-state index in [1.54, 1.807) is 0 Å². The quantitative estimate of drug-likeness (QED) is 0.134. The van der Waals surface area contributed by atoms with Crippen LogP contribution in [0.15, 0.2) is 259 Å². The minimum absolute atomic E-state index is 0.0249. The van der Waals surface area contributed by atoms with E-state index < -0.39 is 0 Å². The summed E-state index contributed by atoms with van der Waals surface area (Å²) in [6, 6.07) is 97.3. The number of nitrogens with zero attached hydrogens (tertiary/aromatic N) is 3. The minimum atomic E-state index is -0.358. The van der Waals surface area contributed by atoms with Gasteiger partial charge in [-0.05, 0) is 172 Å². The average Bonchev–Trinajstić information content (AvgIpc) is 1.04. The van der Waals surface area contributed by atoms with Crippen molar-refractivity contribution in [3.63, 3.8) is 0 Å². The van der Waals surface area contributed by atoms with Crippen LogP contribution in [0.3, 0.4) is 0 Å². The summed E-state index contributed by atoms with van der Waals surface area (Å²) in [5.41, 5.74) is 29.3. The fraction of sp³-hybridized carbons (Fsp3) is 0.213. The van der Waals surface area contributed by atoms with Crippen LogP contribution in [0, 0.1) is 0 Å². The molecule has 492 valence electrons. The van der Waals surface area contributed by atoms with Gasteiger partial charge < -0.3 is 19.0 Å². The third kappa shape index (κ3) is 10.4. The van der Waals surface area contributed by atoms with Crippen LogP contribution < -0.4 is 25.5 Å². The van der Waals surface area contributed by atoms with Gasteiger partial charge in [-0.25, -0.2) is 0 Å². The lowest BCUT2D eigenvalue weighted by atomic mass is 9.42. The van der Waals surface area contributed by atoms with Gasteiger partial charge in [0.15, 0.2) is 0 Å². The number of rotatable bonds is 9. The third-order valence-electron chi connectivity index (χ3n) is 21.9. The van der Waals surface area contributed by atoms with Gasteiger partial charge >= 0.3 is 6.85 Å². The molecule has 2 aromatic heterocycles. The Labute approximate surface area is 595 Å². The predicted molar refractivity (Wildman–Crippen MR) is 430 cm³/mol. The maximum atomic E-state index is 7.41. The molecular formula is C94H86BN3OS. The largest absolute Gasteiger partial charge is 0.455 e. The van der Waals surface area contributed by atoms with Crippen LogP contribution in [0.25, 0.3) is 87.0 Å². The average molecular weight is 1320 g/mol. The van der Waals surface area contributed by atoms with Crippen molar-refractivity contribution in [2.24, 2.45) is 0 Å². The van der Waals surface area contributed by atoms with Crippen LogP contribution in [-0.4, -0.2) is 6.85 Å². The summed E-state index contributed by atoms with van der Waals surface area (Å²) in [4.78, 5) is 7.90. The second kappa shape index (κ2) is 23.0. The fourth-order valence-corrected chi connectivity index (χ4v) is 17.6. The summed E-state index contributed by atoms with van der Waals surface area (Å²) in [6.07, 6.45) is 0. The maximum Gasteiger partial charge on any atom is 0.333 e. The Kier molecular flexibility index (Phi) is 14.5. The van der Waals surface area contributed by atoms with Crippen LogP contribution >= 0.6 is 11.3 Å². The zero-order chi connectivity index (χ0) is 69.1. The molecule has 0 N–H and O–H groups in total. The predicted octanol–water partition coefficient (Wildman–Crippen LogP) is 25.3. The van der Waals surface area contributed by atoms with Crippen molar-refractivity contribution in [3.05, 3.63) is 294 Å². The van der Waals surface area contributed by atoms with Gasteiger partial charge in [0.1, 0.15) is 11.5 Å². The van der Waals surface area contributed by atoms with Crippen molar-refractivity contribution in [3.8, 4) is 56.0 Å². The summed E-state index contributed by atoms with van der Waals surface area (Å²) in [5, 5.41) is 4.70. The van der Waals surface area contributed by atoms with Gasteiger partial charge in [0.25, 0.3) is 0 Å². The molecule has 0 saturated carbocycles. The molecule has 0 amide bonds. The lowest BCUT2D eigenvalue weighted by Crippen LogP contribution is -2.62. The van der Waals surface area contributed by atoms with Crippen molar-refractivity contribution in [1.82, 2.24) is 0 Å². The summed E-state index contributed by atoms with van der Waals surface area (Å²) >= 11 is 1.91. The van der Waals surface area contributed by atoms with Gasteiger partial charge in [-0.2, -0.15) is 0 Å². The van der Waals surface area contributed by atoms with E-state index in [9.17, 15) is 0 Å². The monoisotopic (exact) mass is 1320 g/mol. The molecule has 0 saturated heterocycles. The number of hydrogen-bond acceptors (Lipinski definition) is 5. The number of anilines is 7. The molecule has 0 atom stereocenters. The molecule has 0 fully saturated rings. The smallest absolute Gasteiger partial charge is 0.333 e. The molecule has 6 heteroatoms. The standard InChI is InChI=1S/C94H86BN3OS/c1-90(2,3)62-36-42-66(43-37-62)97(67-44-38-63(39-45-67)91(4,5)6)69-48-49-71-73-52-77-80(56-84(73)100-83(71)51-69)98(68-46-40-64(41-47-68)92(7,8)9)95-79-53-75-76(89(60-30-22-17-23-31-60)99-88(75)59-28-20-16-21-29-59)55-81(79)96(57-61-34-35-65(93(10,11)12)50-72(61)58-26-18-15-19-27-58)82-54-74-70-32-24-25-33-78(70)94(13,14)86(74)85(77)87(82)95/h15-56H,57H2,1-14H3. The highest BCUT2D eigenvalue weighted by atomic mass is 32.1. The lowest BCUT2D eigenvalue weighted by molar-refractivity contribution is 0.590. The van der Waals surface area contributed by atoms with E-state index in [0.717, 1.165) is 56.2 Å². The first-order valence-electron chi connectivity index (χ1n) is 35.8. The Bertz CT molecular complexity index is 5500. The van der Waals surface area contributed by atoms with Crippen LogP contribution in [0.1, 0.15) is 136 Å². The third-order valence-corrected chi connectivity index (χ3v) is 23.1. The minimum Gasteiger partial charge on any atom is -0.455 e. The molecule has 14 aromatic rings. The molecule has 4 nitrogen and oxygen atoms in total. The molecule has 100 heavy (non-hydrogen) atoms. The summed E-state index contributed by atoms with van der Waals surface area (Å²) in [7, 11) is 0. The first kappa shape index (κ1) is 63.3. The number of furan rings is 1. The molecule has 3 aliphatic rings. The SMILES string of the molecule is CC(C)(C)c1ccc(N2B3c4cc5c(-c6ccccc6)oc(-c6ccccc6)c5cc4N(Cc4ccc(C(C)(C)C)cc4-c4ccccc4)c4cc5c(c(c43)-c3cc4c(cc32)sc2cc(N(c3ccc(C(C)(C)C)cc3)c3ccc(C(C)(C)C)cc3)ccc24)C(C)(C)c2ccccc2-5)cc1. The lowest BCUT2D eigenvalue weighted by Gasteiger charge is -2.47. The molecule has 17 rings (SSSR count). The summed E-state index contributed by atoms with van der Waals surface area (Å²) in [6.45, 7) is 33.0. The number of hydrogen-bond donors (Lipinski definition) is 0. The molecule has 1 aliphatic carbocycles. The van der Waals surface area contributed by atoms with Crippen LogP contribution in [-0.2, 0) is 33.6 Å². The molecule has 0 unspecified atom stereocenters. The van der Waals surface area contributed by atoms with E-state index in [1.807, 2.05) is 11.3 Å². The van der Waals surface area contributed by atoms with E-state index in [0.29, 0.717) is 6.54 Å². The Balaban J connectivity index is 0.975. The Morgan fingerprint density at radius 3 is 1.49 bits per heavy atom. The second-order valence-corrected chi connectivity index (χ2v) is 34.0. The molecule has 0 spiro atoms. The first-order valence-corrected chi connectivity index (χ1v) is 36.6. The van der Waals surface area contributed by atoms with E-state index in [4.69, 9.17) is 4.42 Å². The van der Waals surface area contributed by atoms with Gasteiger partial charge in [-0.1, -0.05) is 279 Å². The summed E-state index contributed by atoms with van der Waals surface area (Å²) in [5.74, 6) is 1.74. The van der Waals surface area contributed by atoms with Crippen molar-refractivity contribution >= 4 is 99.9 Å². The molecule has 0 bridgehead atoms.